The number of alkyl halides is 3. The quantitative estimate of drug-likeness (QED) is 0.835. The minimum atomic E-state index is -4.24. The Labute approximate surface area is 133 Å². The van der Waals surface area contributed by atoms with Gasteiger partial charge < -0.3 is 9.47 Å². The first-order valence-corrected chi connectivity index (χ1v) is 7.56. The highest BCUT2D eigenvalue weighted by Crippen LogP contribution is 2.33. The van der Waals surface area contributed by atoms with Crippen molar-refractivity contribution in [1.82, 2.24) is 24.6 Å². The minimum absolute atomic E-state index is 0.0660. The van der Waals surface area contributed by atoms with Gasteiger partial charge in [0.2, 0.25) is 5.91 Å². The van der Waals surface area contributed by atoms with Gasteiger partial charge in [-0.05, 0) is 26.8 Å². The topological polar surface area (TPSA) is 54.3 Å². The number of nitrogens with zero attached hydrogens (tertiary/aromatic N) is 5. The van der Waals surface area contributed by atoms with Gasteiger partial charge in [0, 0.05) is 20.1 Å². The van der Waals surface area contributed by atoms with Gasteiger partial charge in [-0.25, -0.2) is 0 Å². The van der Waals surface area contributed by atoms with E-state index in [0.717, 1.165) is 5.82 Å². The third-order valence-corrected chi connectivity index (χ3v) is 4.24. The first kappa shape index (κ1) is 17.7. The highest BCUT2D eigenvalue weighted by atomic mass is 19.4. The predicted octanol–water partition coefficient (Wildman–Crippen LogP) is 1.36. The highest BCUT2D eigenvalue weighted by molar-refractivity contribution is 5.78. The summed E-state index contributed by atoms with van der Waals surface area (Å²) in [5.74, 6) is -0.208. The van der Waals surface area contributed by atoms with Crippen LogP contribution < -0.4 is 0 Å². The van der Waals surface area contributed by atoms with Crippen molar-refractivity contribution in [1.29, 1.82) is 0 Å². The monoisotopic (exact) mass is 333 g/mol. The van der Waals surface area contributed by atoms with Crippen LogP contribution in [0.25, 0.3) is 0 Å². The molecule has 0 aromatic carbocycles. The largest absolute Gasteiger partial charge is 0.393 e. The lowest BCUT2D eigenvalue weighted by atomic mass is 9.97. The number of halogens is 3. The molecule has 0 saturated carbocycles. The fourth-order valence-electron chi connectivity index (χ4n) is 2.69. The van der Waals surface area contributed by atoms with Gasteiger partial charge in [-0.15, -0.1) is 10.2 Å². The molecule has 1 fully saturated rings. The van der Waals surface area contributed by atoms with Crippen molar-refractivity contribution < 1.29 is 18.0 Å². The molecule has 2 heterocycles. The van der Waals surface area contributed by atoms with Crippen LogP contribution in [0.2, 0.25) is 0 Å². The number of likely N-dealkylation sites (tertiary alicyclic amines) is 1. The van der Waals surface area contributed by atoms with Crippen LogP contribution in [0.5, 0.6) is 0 Å². The summed E-state index contributed by atoms with van der Waals surface area (Å²) in [5.41, 5.74) is 0. The van der Waals surface area contributed by atoms with Crippen LogP contribution in [-0.4, -0.2) is 63.3 Å². The lowest BCUT2D eigenvalue weighted by Gasteiger charge is -2.34. The molecule has 1 aromatic rings. The maximum atomic E-state index is 12.8. The summed E-state index contributed by atoms with van der Waals surface area (Å²) in [6.45, 7) is 2.46. The fourth-order valence-corrected chi connectivity index (χ4v) is 2.69. The zero-order chi connectivity index (χ0) is 17.2. The van der Waals surface area contributed by atoms with Crippen molar-refractivity contribution in [2.75, 3.05) is 26.7 Å². The standard InChI is InChI=1S/C14H22F3N5O/c1-10-18-19-12(21(10)3)8-20(2)9-13(23)22-6-4-5-11(7-22)14(15,16)17/h11H,4-9H2,1-3H3/t11-/m0/s1. The van der Waals surface area contributed by atoms with Gasteiger partial charge in [0.1, 0.15) is 11.6 Å². The second kappa shape index (κ2) is 6.86. The molecule has 0 N–H and O–H groups in total. The van der Waals surface area contributed by atoms with Crippen molar-refractivity contribution in [3.05, 3.63) is 11.6 Å². The Hall–Kier alpha value is -1.64. The predicted molar refractivity (Wildman–Crippen MR) is 77.4 cm³/mol. The van der Waals surface area contributed by atoms with E-state index in [-0.39, 0.29) is 25.4 Å². The fraction of sp³-hybridized carbons (Fsp3) is 0.786. The van der Waals surface area contributed by atoms with E-state index in [1.807, 2.05) is 18.5 Å². The number of amides is 1. The third kappa shape index (κ3) is 4.43. The molecule has 1 amide bonds. The maximum Gasteiger partial charge on any atom is 0.393 e. The molecule has 1 saturated heterocycles. The number of piperidine rings is 1. The Morgan fingerprint density at radius 1 is 1.39 bits per heavy atom. The molecular weight excluding hydrogens is 311 g/mol. The summed E-state index contributed by atoms with van der Waals surface area (Å²) >= 11 is 0. The first-order valence-electron chi connectivity index (χ1n) is 7.56. The van der Waals surface area contributed by atoms with Gasteiger partial charge in [-0.1, -0.05) is 0 Å². The van der Waals surface area contributed by atoms with Gasteiger partial charge in [0.05, 0.1) is 19.0 Å². The molecule has 1 aliphatic rings. The number of likely N-dealkylation sites (N-methyl/N-ethyl adjacent to an activating group) is 1. The van der Waals surface area contributed by atoms with Crippen LogP contribution >= 0.6 is 0 Å². The number of aryl methyl sites for hydroxylation is 1. The van der Waals surface area contributed by atoms with Gasteiger partial charge in [-0.2, -0.15) is 13.2 Å². The Kier molecular flexibility index (Phi) is 5.28. The zero-order valence-electron chi connectivity index (χ0n) is 13.6. The number of carbonyl (C=O) groups excluding carboxylic acids is 1. The molecule has 6 nitrogen and oxygen atoms in total. The molecule has 0 spiro atoms. The smallest absolute Gasteiger partial charge is 0.341 e. The average Bonchev–Trinajstić information content (AvgIpc) is 2.78. The molecule has 2 rings (SSSR count). The highest BCUT2D eigenvalue weighted by Gasteiger charge is 2.42. The summed E-state index contributed by atoms with van der Waals surface area (Å²) in [4.78, 5) is 15.3. The van der Waals surface area contributed by atoms with E-state index in [2.05, 4.69) is 10.2 Å². The van der Waals surface area contributed by atoms with Crippen LogP contribution in [0.15, 0.2) is 0 Å². The molecule has 0 unspecified atom stereocenters. The van der Waals surface area contributed by atoms with Gasteiger partial charge in [0.25, 0.3) is 0 Å². The molecule has 1 aliphatic heterocycles. The first-order chi connectivity index (χ1) is 10.7. The average molecular weight is 333 g/mol. The van der Waals surface area contributed by atoms with Crippen LogP contribution in [0, 0.1) is 12.8 Å². The number of rotatable bonds is 4. The van der Waals surface area contributed by atoms with E-state index in [1.54, 1.807) is 11.9 Å². The van der Waals surface area contributed by atoms with Gasteiger partial charge in [0.15, 0.2) is 0 Å². The molecule has 0 bridgehead atoms. The Morgan fingerprint density at radius 2 is 2.09 bits per heavy atom. The normalized spacial score (nSPS) is 19.4. The van der Waals surface area contributed by atoms with Crippen molar-refractivity contribution in [2.45, 2.75) is 32.5 Å². The Bertz CT molecular complexity index is 557. The second-order valence-corrected chi connectivity index (χ2v) is 6.12. The second-order valence-electron chi connectivity index (χ2n) is 6.12. The van der Waals surface area contributed by atoms with Crippen LogP contribution in [0.4, 0.5) is 13.2 Å². The summed E-state index contributed by atoms with van der Waals surface area (Å²) in [6, 6.07) is 0. The molecule has 1 aromatic heterocycles. The van der Waals surface area contributed by atoms with Crippen molar-refractivity contribution in [3.8, 4) is 0 Å². The molecule has 130 valence electrons. The van der Waals surface area contributed by atoms with E-state index in [9.17, 15) is 18.0 Å². The van der Waals surface area contributed by atoms with E-state index < -0.39 is 12.1 Å². The minimum Gasteiger partial charge on any atom is -0.341 e. The SMILES string of the molecule is Cc1nnc(CN(C)CC(=O)N2CCC[C@H](C(F)(F)F)C2)n1C. The lowest BCUT2D eigenvalue weighted by Crippen LogP contribution is -2.47. The third-order valence-electron chi connectivity index (χ3n) is 4.24. The zero-order valence-corrected chi connectivity index (χ0v) is 13.6. The molecule has 0 aliphatic carbocycles. The van der Waals surface area contributed by atoms with Crippen molar-refractivity contribution in [3.63, 3.8) is 0 Å². The molecular formula is C14H22F3N5O. The van der Waals surface area contributed by atoms with Crippen LogP contribution in [0.3, 0.4) is 0 Å². The number of carbonyl (C=O) groups is 1. The summed E-state index contributed by atoms with van der Waals surface area (Å²) < 4.78 is 40.2. The number of hydrogen-bond donors (Lipinski definition) is 0. The molecule has 0 radical (unpaired) electrons. The van der Waals surface area contributed by atoms with Gasteiger partial charge in [-0.3, -0.25) is 9.69 Å². The lowest BCUT2D eigenvalue weighted by molar-refractivity contribution is -0.188. The number of hydrogen-bond acceptors (Lipinski definition) is 4. The molecule has 9 heteroatoms. The van der Waals surface area contributed by atoms with Crippen LogP contribution in [-0.2, 0) is 18.4 Å². The Morgan fingerprint density at radius 3 is 2.65 bits per heavy atom. The molecule has 1 atom stereocenters. The summed E-state index contributed by atoms with van der Waals surface area (Å²) in [7, 11) is 3.58. The van der Waals surface area contributed by atoms with Crippen molar-refractivity contribution in [2.24, 2.45) is 13.0 Å². The summed E-state index contributed by atoms with van der Waals surface area (Å²) in [5, 5.41) is 7.96. The van der Waals surface area contributed by atoms with E-state index in [0.29, 0.717) is 25.3 Å². The maximum absolute atomic E-state index is 12.8. The molecule has 23 heavy (non-hydrogen) atoms. The summed E-state index contributed by atoms with van der Waals surface area (Å²) in [6.07, 6.45) is -3.75. The van der Waals surface area contributed by atoms with E-state index in [1.165, 1.54) is 4.90 Å². The Balaban J connectivity index is 1.89. The van der Waals surface area contributed by atoms with E-state index >= 15 is 0 Å². The van der Waals surface area contributed by atoms with Crippen molar-refractivity contribution >= 4 is 5.91 Å². The number of aromatic nitrogens is 3. The van der Waals surface area contributed by atoms with Crippen LogP contribution in [0.1, 0.15) is 24.5 Å². The van der Waals surface area contributed by atoms with E-state index in [4.69, 9.17) is 0 Å². The van der Waals surface area contributed by atoms with Gasteiger partial charge >= 0.3 is 6.18 Å².